The molecular formula is C22H26N4O3. The first-order chi connectivity index (χ1) is 14.1. The number of rotatable bonds is 3. The monoisotopic (exact) mass is 394 g/mol. The molecule has 2 N–H and O–H groups in total. The van der Waals surface area contributed by atoms with Crippen LogP contribution in [-0.2, 0) is 23.4 Å². The van der Waals surface area contributed by atoms with Crippen LogP contribution in [0.1, 0.15) is 53.0 Å². The summed E-state index contributed by atoms with van der Waals surface area (Å²) in [6.45, 7) is 1.89. The van der Waals surface area contributed by atoms with Crippen LogP contribution in [-0.4, -0.2) is 56.3 Å². The van der Waals surface area contributed by atoms with Gasteiger partial charge in [0.05, 0.1) is 24.2 Å². The summed E-state index contributed by atoms with van der Waals surface area (Å²) in [6.07, 6.45) is 5.96. The van der Waals surface area contributed by atoms with E-state index in [-0.39, 0.29) is 24.3 Å². The summed E-state index contributed by atoms with van der Waals surface area (Å²) >= 11 is 0. The number of fused-ring (bicyclic) bond motifs is 2. The number of hydrogen-bond acceptors (Lipinski definition) is 4. The number of nitrogens with one attached hydrogen (secondary N) is 1. The quantitative estimate of drug-likeness (QED) is 0.831. The van der Waals surface area contributed by atoms with Gasteiger partial charge < -0.3 is 19.9 Å². The maximum Gasteiger partial charge on any atom is 0.253 e. The van der Waals surface area contributed by atoms with Crippen molar-refractivity contribution in [1.29, 1.82) is 0 Å². The number of likely N-dealkylation sites (tertiary alicyclic amines) is 1. The molecular weight excluding hydrogens is 368 g/mol. The Hall–Kier alpha value is -2.67. The number of H-pyrrole nitrogens is 1. The Morgan fingerprint density at radius 3 is 2.52 bits per heavy atom. The van der Waals surface area contributed by atoms with Crippen molar-refractivity contribution in [2.24, 2.45) is 5.92 Å². The van der Waals surface area contributed by atoms with Gasteiger partial charge in [-0.3, -0.25) is 9.59 Å². The normalized spacial score (nSPS) is 20.6. The second-order valence-corrected chi connectivity index (χ2v) is 8.42. The molecule has 0 unspecified atom stereocenters. The number of carbonyl (C=O) groups is 2. The zero-order valence-corrected chi connectivity index (χ0v) is 16.4. The Balaban J connectivity index is 1.38. The topological polar surface area (TPSA) is 89.5 Å². The van der Waals surface area contributed by atoms with Gasteiger partial charge in [0.2, 0.25) is 5.91 Å². The fourth-order valence-electron chi connectivity index (χ4n) is 4.87. The Morgan fingerprint density at radius 1 is 1.14 bits per heavy atom. The molecule has 1 aromatic carbocycles. The zero-order valence-electron chi connectivity index (χ0n) is 16.4. The third-order valence-electron chi connectivity index (χ3n) is 6.72. The van der Waals surface area contributed by atoms with E-state index in [4.69, 9.17) is 0 Å². The van der Waals surface area contributed by atoms with Gasteiger partial charge >= 0.3 is 0 Å². The highest BCUT2D eigenvalue weighted by molar-refractivity contribution is 5.94. The summed E-state index contributed by atoms with van der Waals surface area (Å²) in [7, 11) is 0. The molecule has 7 heteroatoms. The van der Waals surface area contributed by atoms with Crippen LogP contribution in [0.5, 0.6) is 0 Å². The smallest absolute Gasteiger partial charge is 0.253 e. The van der Waals surface area contributed by atoms with Gasteiger partial charge in [-0.2, -0.15) is 0 Å². The van der Waals surface area contributed by atoms with Gasteiger partial charge in [0.1, 0.15) is 0 Å². The molecule has 1 saturated heterocycles. The summed E-state index contributed by atoms with van der Waals surface area (Å²) in [5, 5.41) is 9.20. The number of carbonyl (C=O) groups excluding carboxylic acids is 2. The van der Waals surface area contributed by atoms with Crippen LogP contribution in [0.25, 0.3) is 0 Å². The van der Waals surface area contributed by atoms with Crippen LogP contribution in [0.4, 0.5) is 0 Å². The van der Waals surface area contributed by atoms with Gasteiger partial charge in [-0.25, -0.2) is 4.98 Å². The summed E-state index contributed by atoms with van der Waals surface area (Å²) in [6, 6.07) is 7.11. The van der Waals surface area contributed by atoms with Gasteiger partial charge in [0.15, 0.2) is 0 Å². The lowest BCUT2D eigenvalue weighted by Crippen LogP contribution is -2.59. The molecule has 3 aliphatic rings. The molecule has 1 aliphatic carbocycles. The minimum atomic E-state index is -0.398. The van der Waals surface area contributed by atoms with Crippen LogP contribution in [0.3, 0.4) is 0 Å². The van der Waals surface area contributed by atoms with Crippen LogP contribution in [0, 0.1) is 5.92 Å². The van der Waals surface area contributed by atoms with Crippen molar-refractivity contribution in [3.05, 3.63) is 53.1 Å². The number of nitrogens with zero attached hydrogens (tertiary/aromatic N) is 3. The van der Waals surface area contributed by atoms with Crippen molar-refractivity contribution >= 4 is 11.8 Å². The third-order valence-corrected chi connectivity index (χ3v) is 6.72. The van der Waals surface area contributed by atoms with E-state index in [1.807, 2.05) is 4.90 Å². The van der Waals surface area contributed by atoms with Gasteiger partial charge in [-0.15, -0.1) is 0 Å². The number of aliphatic hydroxyl groups is 1. The molecule has 1 spiro atoms. The molecule has 3 heterocycles. The first-order valence-electron chi connectivity index (χ1n) is 10.5. The molecule has 1 aromatic heterocycles. The van der Waals surface area contributed by atoms with E-state index in [0.717, 1.165) is 42.8 Å². The van der Waals surface area contributed by atoms with Crippen LogP contribution in [0.15, 0.2) is 30.6 Å². The van der Waals surface area contributed by atoms with Crippen molar-refractivity contribution < 1.29 is 14.7 Å². The first-order valence-corrected chi connectivity index (χ1v) is 10.5. The Labute approximate surface area is 169 Å². The van der Waals surface area contributed by atoms with E-state index in [9.17, 15) is 14.7 Å². The van der Waals surface area contributed by atoms with E-state index in [0.29, 0.717) is 31.5 Å². The average molecular weight is 394 g/mol. The predicted molar refractivity (Wildman–Crippen MR) is 106 cm³/mol. The molecule has 0 radical (unpaired) electrons. The van der Waals surface area contributed by atoms with E-state index >= 15 is 0 Å². The van der Waals surface area contributed by atoms with Gasteiger partial charge in [0, 0.05) is 43.2 Å². The number of imidazole rings is 1. The van der Waals surface area contributed by atoms with Crippen LogP contribution < -0.4 is 0 Å². The third kappa shape index (κ3) is 3.04. The van der Waals surface area contributed by atoms with Gasteiger partial charge in [0.25, 0.3) is 5.91 Å². The van der Waals surface area contributed by atoms with Crippen molar-refractivity contribution in [1.82, 2.24) is 19.8 Å². The number of benzene rings is 1. The standard InChI is InChI=1S/C22H26N4O3/c27-13-15-1-3-16(4-2-15)20(28)25-11-8-22(9-12-25)19-18(23-14-24-19)7-10-26(22)21(29)17-5-6-17/h1-4,14,17,27H,5-13H2,(H,23,24). The predicted octanol–water partition coefficient (Wildman–Crippen LogP) is 1.83. The molecule has 2 aromatic rings. The minimum absolute atomic E-state index is 0.00229. The Morgan fingerprint density at radius 2 is 1.86 bits per heavy atom. The van der Waals surface area contributed by atoms with Gasteiger partial charge in [-0.05, 0) is 43.4 Å². The number of amides is 2. The summed E-state index contributed by atoms with van der Waals surface area (Å²) < 4.78 is 0. The zero-order chi connectivity index (χ0) is 20.0. The van der Waals surface area contributed by atoms with Gasteiger partial charge in [-0.1, -0.05) is 12.1 Å². The molecule has 0 atom stereocenters. The minimum Gasteiger partial charge on any atom is -0.392 e. The fourth-order valence-corrected chi connectivity index (χ4v) is 4.87. The number of aromatic amines is 1. The second kappa shape index (κ2) is 6.99. The first kappa shape index (κ1) is 18.4. The van der Waals surface area contributed by atoms with Crippen LogP contribution in [0.2, 0.25) is 0 Å². The molecule has 7 nitrogen and oxygen atoms in total. The number of aromatic nitrogens is 2. The second-order valence-electron chi connectivity index (χ2n) is 8.42. The summed E-state index contributed by atoms with van der Waals surface area (Å²) in [5.74, 6) is 0.442. The van der Waals surface area contributed by atoms with Crippen LogP contribution >= 0.6 is 0 Å². The van der Waals surface area contributed by atoms with E-state index in [1.54, 1.807) is 30.6 Å². The Kier molecular flexibility index (Phi) is 4.42. The average Bonchev–Trinajstić information content (AvgIpc) is 3.50. The highest BCUT2D eigenvalue weighted by Gasteiger charge is 2.51. The largest absolute Gasteiger partial charge is 0.392 e. The van der Waals surface area contributed by atoms with Crippen molar-refractivity contribution in [2.75, 3.05) is 19.6 Å². The lowest BCUT2D eigenvalue weighted by molar-refractivity contribution is -0.143. The SMILES string of the molecule is O=C(c1ccc(CO)cc1)N1CCC2(CC1)c1nc[nH]c1CCN2C(=O)C1CC1. The van der Waals surface area contributed by atoms with E-state index in [1.165, 1.54) is 0 Å². The molecule has 2 amide bonds. The molecule has 2 aliphatic heterocycles. The molecule has 0 bridgehead atoms. The fraction of sp³-hybridized carbons (Fsp3) is 0.500. The van der Waals surface area contributed by atoms with Crippen molar-refractivity contribution in [3.63, 3.8) is 0 Å². The molecule has 2 fully saturated rings. The molecule has 29 heavy (non-hydrogen) atoms. The number of aliphatic hydroxyl groups excluding tert-OH is 1. The maximum atomic E-state index is 13.0. The van der Waals surface area contributed by atoms with Crippen molar-refractivity contribution in [2.45, 2.75) is 44.2 Å². The lowest BCUT2D eigenvalue weighted by Gasteiger charge is -2.50. The lowest BCUT2D eigenvalue weighted by atomic mass is 9.78. The van der Waals surface area contributed by atoms with E-state index < -0.39 is 5.54 Å². The molecule has 5 rings (SSSR count). The molecule has 1 saturated carbocycles. The van der Waals surface area contributed by atoms with E-state index in [2.05, 4.69) is 14.9 Å². The van der Waals surface area contributed by atoms with Crippen molar-refractivity contribution in [3.8, 4) is 0 Å². The maximum absolute atomic E-state index is 13.0. The highest BCUT2D eigenvalue weighted by Crippen LogP contribution is 2.45. The number of piperidine rings is 1. The Bertz CT molecular complexity index is 924. The number of hydrogen-bond donors (Lipinski definition) is 2. The highest BCUT2D eigenvalue weighted by atomic mass is 16.3. The molecule has 152 valence electrons. The summed E-state index contributed by atoms with van der Waals surface area (Å²) in [5.41, 5.74) is 3.15. The summed E-state index contributed by atoms with van der Waals surface area (Å²) in [4.78, 5) is 37.8.